The highest BCUT2D eigenvalue weighted by Crippen LogP contribution is 2.23. The molecule has 0 aliphatic heterocycles. The highest BCUT2D eigenvalue weighted by Gasteiger charge is 2.11. The molecular weight excluding hydrogens is 306 g/mol. The van der Waals surface area contributed by atoms with Crippen LogP contribution >= 0.6 is 0 Å². The number of carbonyl (C=O) groups excluding carboxylic acids is 1. The van der Waals surface area contributed by atoms with Gasteiger partial charge < -0.3 is 19.5 Å². The van der Waals surface area contributed by atoms with Gasteiger partial charge in [0.15, 0.2) is 0 Å². The molecule has 0 atom stereocenters. The van der Waals surface area contributed by atoms with E-state index in [4.69, 9.17) is 14.2 Å². The van der Waals surface area contributed by atoms with Crippen molar-refractivity contribution in [1.82, 2.24) is 5.32 Å². The van der Waals surface area contributed by atoms with Crippen LogP contribution in [0, 0.1) is 0 Å². The fourth-order valence-corrected chi connectivity index (χ4v) is 2.21. The van der Waals surface area contributed by atoms with E-state index in [1.165, 1.54) is 0 Å². The maximum absolute atomic E-state index is 12.1. The lowest BCUT2D eigenvalue weighted by atomic mass is 10.1. The smallest absolute Gasteiger partial charge is 0.251 e. The minimum atomic E-state index is -0.113. The monoisotopic (exact) mass is 329 g/mol. The second-order valence-electron chi connectivity index (χ2n) is 5.62. The van der Waals surface area contributed by atoms with Gasteiger partial charge in [0, 0.05) is 17.2 Å². The summed E-state index contributed by atoms with van der Waals surface area (Å²) in [6.45, 7) is 4.16. The van der Waals surface area contributed by atoms with E-state index in [0.29, 0.717) is 17.9 Å². The molecule has 0 aliphatic carbocycles. The molecule has 2 aromatic carbocycles. The lowest BCUT2D eigenvalue weighted by molar-refractivity contribution is 0.0943. The maximum Gasteiger partial charge on any atom is 0.251 e. The molecule has 1 N–H and O–H groups in total. The Balaban J connectivity index is 2.13. The van der Waals surface area contributed by atoms with Gasteiger partial charge in [0.05, 0.1) is 14.2 Å². The number of methoxy groups -OCH3 is 2. The highest BCUT2D eigenvalue weighted by atomic mass is 16.5. The molecule has 2 rings (SSSR count). The van der Waals surface area contributed by atoms with Crippen LogP contribution in [-0.2, 0) is 6.61 Å². The Kier molecular flexibility index (Phi) is 6.07. The molecule has 2 aromatic rings. The van der Waals surface area contributed by atoms with Gasteiger partial charge >= 0.3 is 0 Å². The number of hydrogen-bond acceptors (Lipinski definition) is 4. The fourth-order valence-electron chi connectivity index (χ4n) is 2.21. The topological polar surface area (TPSA) is 56.8 Å². The van der Waals surface area contributed by atoms with Crippen molar-refractivity contribution in [1.29, 1.82) is 0 Å². The Morgan fingerprint density at radius 2 is 1.67 bits per heavy atom. The van der Waals surface area contributed by atoms with Gasteiger partial charge in [0.1, 0.15) is 23.9 Å². The van der Waals surface area contributed by atoms with Gasteiger partial charge in [-0.3, -0.25) is 4.79 Å². The van der Waals surface area contributed by atoms with E-state index in [-0.39, 0.29) is 11.9 Å². The summed E-state index contributed by atoms with van der Waals surface area (Å²) in [5, 5.41) is 2.88. The van der Waals surface area contributed by atoms with Crippen LogP contribution in [0.25, 0.3) is 0 Å². The summed E-state index contributed by atoms with van der Waals surface area (Å²) in [4.78, 5) is 12.1. The Morgan fingerprint density at radius 1 is 1.00 bits per heavy atom. The zero-order chi connectivity index (χ0) is 17.5. The lowest BCUT2D eigenvalue weighted by Crippen LogP contribution is -2.30. The summed E-state index contributed by atoms with van der Waals surface area (Å²) in [6.07, 6.45) is 0. The lowest BCUT2D eigenvalue weighted by Gasteiger charge is -2.13. The van der Waals surface area contributed by atoms with Gasteiger partial charge in [-0.15, -0.1) is 0 Å². The average Bonchev–Trinajstić information content (AvgIpc) is 2.59. The number of ether oxygens (including phenoxy) is 3. The Hall–Kier alpha value is -2.69. The van der Waals surface area contributed by atoms with Crippen molar-refractivity contribution >= 4 is 5.91 Å². The first-order valence-electron chi connectivity index (χ1n) is 7.78. The molecule has 128 valence electrons. The van der Waals surface area contributed by atoms with Crippen LogP contribution in [-0.4, -0.2) is 26.2 Å². The van der Waals surface area contributed by atoms with E-state index < -0.39 is 0 Å². The van der Waals surface area contributed by atoms with Crippen molar-refractivity contribution in [2.24, 2.45) is 0 Å². The van der Waals surface area contributed by atoms with Crippen molar-refractivity contribution in [2.45, 2.75) is 26.5 Å². The van der Waals surface area contributed by atoms with Crippen LogP contribution in [0.1, 0.15) is 29.8 Å². The van der Waals surface area contributed by atoms with E-state index in [0.717, 1.165) is 17.1 Å². The summed E-state index contributed by atoms with van der Waals surface area (Å²) in [6, 6.07) is 12.7. The van der Waals surface area contributed by atoms with E-state index in [1.807, 2.05) is 38.1 Å². The summed E-state index contributed by atoms with van der Waals surface area (Å²) in [5.41, 5.74) is 1.39. The predicted molar refractivity (Wildman–Crippen MR) is 92.9 cm³/mol. The van der Waals surface area contributed by atoms with Gasteiger partial charge in [-0.1, -0.05) is 0 Å². The largest absolute Gasteiger partial charge is 0.497 e. The number of nitrogens with one attached hydrogen (secondary N) is 1. The molecule has 5 heteroatoms. The fraction of sp³-hybridized carbons (Fsp3) is 0.316. The molecule has 0 fully saturated rings. The summed E-state index contributed by atoms with van der Waals surface area (Å²) < 4.78 is 16.3. The second kappa shape index (κ2) is 8.24. The van der Waals surface area contributed by atoms with Gasteiger partial charge in [0.25, 0.3) is 5.91 Å². The van der Waals surface area contributed by atoms with E-state index in [1.54, 1.807) is 32.4 Å². The second-order valence-corrected chi connectivity index (χ2v) is 5.62. The molecule has 0 saturated heterocycles. The number of carbonyl (C=O) groups is 1. The molecule has 0 heterocycles. The third kappa shape index (κ3) is 4.65. The number of amides is 1. The Morgan fingerprint density at radius 3 is 2.25 bits per heavy atom. The van der Waals surface area contributed by atoms with E-state index in [2.05, 4.69) is 5.32 Å². The summed E-state index contributed by atoms with van der Waals surface area (Å²) in [5.74, 6) is 2.06. The minimum Gasteiger partial charge on any atom is -0.497 e. The molecule has 0 aromatic heterocycles. The van der Waals surface area contributed by atoms with Crippen molar-refractivity contribution in [3.8, 4) is 17.2 Å². The minimum absolute atomic E-state index is 0.0820. The molecule has 0 bridgehead atoms. The van der Waals surface area contributed by atoms with Gasteiger partial charge in [0.2, 0.25) is 0 Å². The number of hydrogen-bond donors (Lipinski definition) is 1. The SMILES string of the molecule is COc1ccc(OCc2cc(C(=O)NC(C)C)ccc2OC)cc1. The van der Waals surface area contributed by atoms with Crippen molar-refractivity contribution in [3.63, 3.8) is 0 Å². The standard InChI is InChI=1S/C19H23NO4/c1-13(2)20-19(21)14-5-10-18(23-4)15(11-14)12-24-17-8-6-16(22-3)7-9-17/h5-11,13H,12H2,1-4H3,(H,20,21). The summed E-state index contributed by atoms with van der Waals surface area (Å²) >= 11 is 0. The van der Waals surface area contributed by atoms with E-state index in [9.17, 15) is 4.79 Å². The van der Waals surface area contributed by atoms with Gasteiger partial charge in [-0.05, 0) is 56.3 Å². The zero-order valence-electron chi connectivity index (χ0n) is 14.5. The Bertz CT molecular complexity index is 680. The van der Waals surface area contributed by atoms with E-state index >= 15 is 0 Å². The third-order valence-electron chi connectivity index (χ3n) is 3.42. The maximum atomic E-state index is 12.1. The first-order chi connectivity index (χ1) is 11.5. The molecule has 5 nitrogen and oxygen atoms in total. The molecular formula is C19H23NO4. The third-order valence-corrected chi connectivity index (χ3v) is 3.42. The molecule has 24 heavy (non-hydrogen) atoms. The molecule has 0 radical (unpaired) electrons. The number of benzene rings is 2. The highest BCUT2D eigenvalue weighted by molar-refractivity contribution is 5.94. The van der Waals surface area contributed by atoms with Crippen LogP contribution in [0.4, 0.5) is 0 Å². The molecule has 0 aliphatic rings. The van der Waals surface area contributed by atoms with Crippen LogP contribution in [0.5, 0.6) is 17.2 Å². The quantitative estimate of drug-likeness (QED) is 0.845. The van der Waals surface area contributed by atoms with Crippen molar-refractivity contribution < 1.29 is 19.0 Å². The number of rotatable bonds is 7. The normalized spacial score (nSPS) is 10.4. The zero-order valence-corrected chi connectivity index (χ0v) is 14.5. The molecule has 1 amide bonds. The van der Waals surface area contributed by atoms with Crippen LogP contribution < -0.4 is 19.5 Å². The van der Waals surface area contributed by atoms with Gasteiger partial charge in [-0.25, -0.2) is 0 Å². The van der Waals surface area contributed by atoms with Crippen molar-refractivity contribution in [3.05, 3.63) is 53.6 Å². The van der Waals surface area contributed by atoms with Crippen molar-refractivity contribution in [2.75, 3.05) is 14.2 Å². The summed E-state index contributed by atoms with van der Waals surface area (Å²) in [7, 11) is 3.22. The van der Waals surface area contributed by atoms with Crippen LogP contribution in [0.2, 0.25) is 0 Å². The predicted octanol–water partition coefficient (Wildman–Crippen LogP) is 3.42. The van der Waals surface area contributed by atoms with Crippen LogP contribution in [0.15, 0.2) is 42.5 Å². The molecule has 0 saturated carbocycles. The first kappa shape index (κ1) is 17.7. The van der Waals surface area contributed by atoms with Crippen LogP contribution in [0.3, 0.4) is 0 Å². The average molecular weight is 329 g/mol. The molecule has 0 spiro atoms. The molecule has 0 unspecified atom stereocenters. The van der Waals surface area contributed by atoms with Gasteiger partial charge in [-0.2, -0.15) is 0 Å². The first-order valence-corrected chi connectivity index (χ1v) is 7.78. The Labute approximate surface area is 142 Å².